The van der Waals surface area contributed by atoms with Crippen LogP contribution < -0.4 is 0 Å². The Hall–Kier alpha value is -2.06. The Morgan fingerprint density at radius 1 is 1.20 bits per heavy atom. The van der Waals surface area contributed by atoms with Gasteiger partial charge in [0.2, 0.25) is 0 Å². The van der Waals surface area contributed by atoms with Crippen LogP contribution in [0.15, 0.2) is 24.3 Å². The molecule has 102 valence electrons. The second-order valence-electron chi connectivity index (χ2n) is 4.48. The van der Waals surface area contributed by atoms with Gasteiger partial charge in [0.1, 0.15) is 17.6 Å². The average molecular weight is 291 g/mol. The van der Waals surface area contributed by atoms with Crippen LogP contribution in [0.25, 0.3) is 0 Å². The van der Waals surface area contributed by atoms with Crippen molar-refractivity contribution in [3.05, 3.63) is 56.8 Å². The Morgan fingerprint density at radius 2 is 1.80 bits per heavy atom. The molecule has 0 aliphatic rings. The number of carbonyl (C=O) groups excluding carboxylic acids is 1. The second-order valence-corrected chi connectivity index (χ2v) is 5.74. The van der Waals surface area contributed by atoms with Crippen LogP contribution in [0.1, 0.15) is 31.6 Å². The lowest BCUT2D eigenvalue weighted by Crippen LogP contribution is -2.10. The number of rotatable bonds is 3. The standard InChI is InChI=1S/C15H11F2NOS/c1-8-3-14(20-9(8)2)15(19)13(7-18)10-4-11(16)6-12(17)5-10/h3-6,13H,1-2H3. The molecular formula is C15H11F2NOS. The molecule has 0 saturated heterocycles. The molecule has 0 aliphatic heterocycles. The molecular weight excluding hydrogens is 280 g/mol. The van der Waals surface area contributed by atoms with Gasteiger partial charge >= 0.3 is 0 Å². The van der Waals surface area contributed by atoms with Gasteiger partial charge in [-0.05, 0) is 43.2 Å². The number of carbonyl (C=O) groups is 1. The van der Waals surface area contributed by atoms with E-state index in [1.807, 2.05) is 19.9 Å². The van der Waals surface area contributed by atoms with E-state index in [0.717, 1.165) is 22.6 Å². The molecule has 2 aromatic rings. The number of halogens is 2. The van der Waals surface area contributed by atoms with Crippen LogP contribution >= 0.6 is 11.3 Å². The fourth-order valence-electron chi connectivity index (χ4n) is 1.86. The lowest BCUT2D eigenvalue weighted by Gasteiger charge is -2.07. The maximum absolute atomic E-state index is 13.2. The van der Waals surface area contributed by atoms with Crippen molar-refractivity contribution in [2.24, 2.45) is 0 Å². The van der Waals surface area contributed by atoms with Gasteiger partial charge in [-0.1, -0.05) is 0 Å². The van der Waals surface area contributed by atoms with Crippen molar-refractivity contribution in [1.82, 2.24) is 0 Å². The van der Waals surface area contributed by atoms with E-state index >= 15 is 0 Å². The quantitative estimate of drug-likeness (QED) is 0.798. The molecule has 0 amide bonds. The van der Waals surface area contributed by atoms with Gasteiger partial charge < -0.3 is 0 Å². The maximum Gasteiger partial charge on any atom is 0.194 e. The highest BCUT2D eigenvalue weighted by molar-refractivity contribution is 7.14. The molecule has 0 fully saturated rings. The zero-order valence-electron chi connectivity index (χ0n) is 10.9. The van der Waals surface area contributed by atoms with Gasteiger partial charge in [0.15, 0.2) is 5.78 Å². The van der Waals surface area contributed by atoms with Crippen LogP contribution in [0.5, 0.6) is 0 Å². The Labute approximate surface area is 119 Å². The van der Waals surface area contributed by atoms with Crippen molar-refractivity contribution >= 4 is 17.1 Å². The number of thiophene rings is 1. The number of ketones is 1. The van der Waals surface area contributed by atoms with E-state index < -0.39 is 23.3 Å². The Kier molecular flexibility index (Phi) is 3.96. The van der Waals surface area contributed by atoms with Crippen molar-refractivity contribution in [1.29, 1.82) is 5.26 Å². The van der Waals surface area contributed by atoms with Crippen LogP contribution in [-0.4, -0.2) is 5.78 Å². The molecule has 2 rings (SSSR count). The van der Waals surface area contributed by atoms with Crippen LogP contribution in [0.3, 0.4) is 0 Å². The number of hydrogen-bond donors (Lipinski definition) is 0. The molecule has 0 saturated carbocycles. The Bertz CT molecular complexity index is 675. The minimum absolute atomic E-state index is 0.0405. The maximum atomic E-state index is 13.2. The van der Waals surface area contributed by atoms with E-state index in [4.69, 9.17) is 5.26 Å². The summed E-state index contributed by atoms with van der Waals surface area (Å²) in [5, 5.41) is 9.16. The third kappa shape index (κ3) is 2.75. The number of aryl methyl sites for hydroxylation is 2. The van der Waals surface area contributed by atoms with Crippen LogP contribution in [-0.2, 0) is 0 Å². The predicted octanol–water partition coefficient (Wildman–Crippen LogP) is 4.13. The van der Waals surface area contributed by atoms with Gasteiger partial charge in [-0.25, -0.2) is 8.78 Å². The summed E-state index contributed by atoms with van der Waals surface area (Å²) in [5.41, 5.74) is 0.999. The topological polar surface area (TPSA) is 40.9 Å². The van der Waals surface area contributed by atoms with Gasteiger partial charge in [0, 0.05) is 10.9 Å². The molecule has 1 unspecified atom stereocenters. The molecule has 5 heteroatoms. The molecule has 1 aromatic carbocycles. The first kappa shape index (κ1) is 14.4. The minimum atomic E-state index is -1.20. The van der Waals surface area contributed by atoms with Crippen molar-refractivity contribution in [2.75, 3.05) is 0 Å². The first-order valence-electron chi connectivity index (χ1n) is 5.89. The summed E-state index contributed by atoms with van der Waals surface area (Å²) in [6.45, 7) is 3.74. The Balaban J connectivity index is 2.42. The van der Waals surface area contributed by atoms with Crippen LogP contribution in [0, 0.1) is 36.8 Å². The average Bonchev–Trinajstić information content (AvgIpc) is 2.69. The number of hydrogen-bond acceptors (Lipinski definition) is 3. The first-order valence-corrected chi connectivity index (χ1v) is 6.71. The zero-order chi connectivity index (χ0) is 14.9. The van der Waals surface area contributed by atoms with Crippen LogP contribution in [0.4, 0.5) is 8.78 Å². The van der Waals surface area contributed by atoms with E-state index in [-0.39, 0.29) is 5.56 Å². The molecule has 1 heterocycles. The molecule has 0 radical (unpaired) electrons. The molecule has 0 bridgehead atoms. The fourth-order valence-corrected chi connectivity index (χ4v) is 2.87. The number of nitriles is 1. The highest BCUT2D eigenvalue weighted by Crippen LogP contribution is 2.28. The first-order chi connectivity index (χ1) is 9.42. The summed E-state index contributed by atoms with van der Waals surface area (Å²) in [5.74, 6) is -3.23. The molecule has 0 N–H and O–H groups in total. The van der Waals surface area contributed by atoms with Gasteiger partial charge in [0.25, 0.3) is 0 Å². The third-order valence-corrected chi connectivity index (χ3v) is 4.19. The normalized spacial score (nSPS) is 11.9. The van der Waals surface area contributed by atoms with Gasteiger partial charge in [0.05, 0.1) is 10.9 Å². The van der Waals surface area contributed by atoms with Gasteiger partial charge in [-0.2, -0.15) is 5.26 Å². The van der Waals surface area contributed by atoms with E-state index in [9.17, 15) is 13.6 Å². The lowest BCUT2D eigenvalue weighted by atomic mass is 9.95. The van der Waals surface area contributed by atoms with E-state index in [2.05, 4.69) is 0 Å². The zero-order valence-corrected chi connectivity index (χ0v) is 11.7. The van der Waals surface area contributed by atoms with Crippen molar-refractivity contribution in [2.45, 2.75) is 19.8 Å². The van der Waals surface area contributed by atoms with Gasteiger partial charge in [-0.3, -0.25) is 4.79 Å². The largest absolute Gasteiger partial charge is 0.291 e. The number of Topliss-reactive ketones (excluding diaryl/α,β-unsaturated/α-hetero) is 1. The smallest absolute Gasteiger partial charge is 0.194 e. The summed E-state index contributed by atoms with van der Waals surface area (Å²) < 4.78 is 26.4. The fraction of sp³-hybridized carbons (Fsp3) is 0.200. The molecule has 0 spiro atoms. The van der Waals surface area contributed by atoms with Crippen molar-refractivity contribution < 1.29 is 13.6 Å². The second kappa shape index (κ2) is 5.51. The minimum Gasteiger partial charge on any atom is -0.291 e. The molecule has 20 heavy (non-hydrogen) atoms. The number of benzene rings is 1. The highest BCUT2D eigenvalue weighted by Gasteiger charge is 2.24. The summed E-state index contributed by atoms with van der Waals surface area (Å²) in [6, 6.07) is 6.26. The summed E-state index contributed by atoms with van der Waals surface area (Å²) in [6.07, 6.45) is 0. The molecule has 1 atom stereocenters. The molecule has 0 aliphatic carbocycles. The SMILES string of the molecule is Cc1cc(C(=O)C(C#N)c2cc(F)cc(F)c2)sc1C. The van der Waals surface area contributed by atoms with Crippen molar-refractivity contribution in [3.63, 3.8) is 0 Å². The summed E-state index contributed by atoms with van der Waals surface area (Å²) >= 11 is 1.28. The monoisotopic (exact) mass is 291 g/mol. The van der Waals surface area contributed by atoms with Gasteiger partial charge in [-0.15, -0.1) is 11.3 Å². The number of nitrogens with zero attached hydrogens (tertiary/aromatic N) is 1. The summed E-state index contributed by atoms with van der Waals surface area (Å²) in [7, 11) is 0. The van der Waals surface area contributed by atoms with E-state index in [1.54, 1.807) is 6.07 Å². The predicted molar refractivity (Wildman–Crippen MR) is 72.8 cm³/mol. The molecule has 2 nitrogen and oxygen atoms in total. The van der Waals surface area contributed by atoms with Crippen LogP contribution in [0.2, 0.25) is 0 Å². The molecule has 1 aromatic heterocycles. The van der Waals surface area contributed by atoms with E-state index in [1.165, 1.54) is 11.3 Å². The van der Waals surface area contributed by atoms with Crippen molar-refractivity contribution in [3.8, 4) is 6.07 Å². The summed E-state index contributed by atoms with van der Waals surface area (Å²) in [4.78, 5) is 13.7. The lowest BCUT2D eigenvalue weighted by molar-refractivity contribution is 0.0982. The highest BCUT2D eigenvalue weighted by atomic mass is 32.1. The third-order valence-electron chi connectivity index (χ3n) is 3.02. The van der Waals surface area contributed by atoms with E-state index in [0.29, 0.717) is 10.9 Å². The Morgan fingerprint density at radius 3 is 2.25 bits per heavy atom.